The van der Waals surface area contributed by atoms with Crippen LogP contribution < -0.4 is 0 Å². The first-order chi connectivity index (χ1) is 14.1. The average molecular weight is 404 g/mol. The topological polar surface area (TPSA) is 66.3 Å². The van der Waals surface area contributed by atoms with Crippen LogP contribution in [0.25, 0.3) is 21.9 Å². The number of carbonyl (C=O) groups is 1. The highest BCUT2D eigenvalue weighted by molar-refractivity contribution is 7.05. The molecule has 1 amide bonds. The van der Waals surface area contributed by atoms with Crippen molar-refractivity contribution < 1.29 is 9.90 Å². The maximum absolute atomic E-state index is 13.2. The van der Waals surface area contributed by atoms with E-state index < -0.39 is 0 Å². The van der Waals surface area contributed by atoms with Crippen LogP contribution in [0, 0.1) is 6.92 Å². The number of carbonyl (C=O) groups excluding carboxylic acids is 1. The number of aryl methyl sites for hydroxylation is 1. The van der Waals surface area contributed by atoms with Gasteiger partial charge in [-0.15, -0.1) is 5.10 Å². The number of hydrogen-bond acceptors (Lipinski definition) is 5. The lowest BCUT2D eigenvalue weighted by atomic mass is 9.92. The van der Waals surface area contributed by atoms with Gasteiger partial charge < -0.3 is 10.0 Å². The predicted molar refractivity (Wildman–Crippen MR) is 116 cm³/mol. The van der Waals surface area contributed by atoms with Crippen LogP contribution in [0.5, 0.6) is 0 Å². The second kappa shape index (κ2) is 8.11. The van der Waals surface area contributed by atoms with Gasteiger partial charge in [-0.05, 0) is 52.0 Å². The molecule has 3 aromatic carbocycles. The molecule has 29 heavy (non-hydrogen) atoms. The molecular weight excluding hydrogens is 382 g/mol. The summed E-state index contributed by atoms with van der Waals surface area (Å²) in [4.78, 5) is 15.9. The molecule has 0 radical (unpaired) electrons. The van der Waals surface area contributed by atoms with Crippen molar-refractivity contribution in [2.24, 2.45) is 0 Å². The van der Waals surface area contributed by atoms with E-state index in [2.05, 4.69) is 9.59 Å². The van der Waals surface area contributed by atoms with Gasteiger partial charge in [0.2, 0.25) is 0 Å². The third-order valence-electron chi connectivity index (χ3n) is 5.11. The van der Waals surface area contributed by atoms with Crippen molar-refractivity contribution in [2.75, 3.05) is 7.05 Å². The van der Waals surface area contributed by atoms with Crippen LogP contribution in [0.4, 0.5) is 0 Å². The minimum absolute atomic E-state index is 0.0316. The molecule has 5 nitrogen and oxygen atoms in total. The summed E-state index contributed by atoms with van der Waals surface area (Å²) in [5, 5.41) is 15.7. The number of benzene rings is 3. The van der Waals surface area contributed by atoms with Crippen molar-refractivity contribution in [1.82, 2.24) is 14.5 Å². The van der Waals surface area contributed by atoms with E-state index in [0.717, 1.165) is 38.0 Å². The van der Waals surface area contributed by atoms with Gasteiger partial charge in [0.05, 0.1) is 23.7 Å². The van der Waals surface area contributed by atoms with E-state index in [-0.39, 0.29) is 12.5 Å². The Morgan fingerprint density at radius 1 is 1.00 bits per heavy atom. The van der Waals surface area contributed by atoms with E-state index in [4.69, 9.17) is 0 Å². The summed E-state index contributed by atoms with van der Waals surface area (Å²) < 4.78 is 3.95. The van der Waals surface area contributed by atoms with E-state index in [1.807, 2.05) is 67.6 Å². The number of aliphatic hydroxyl groups excluding tert-OH is 1. The number of amides is 1. The first kappa shape index (κ1) is 19.2. The lowest BCUT2D eigenvalue weighted by molar-refractivity contribution is 0.0788. The fourth-order valence-electron chi connectivity index (χ4n) is 3.53. The molecule has 0 bridgehead atoms. The molecule has 4 rings (SSSR count). The van der Waals surface area contributed by atoms with E-state index in [1.54, 1.807) is 11.9 Å². The molecule has 0 aliphatic heterocycles. The Morgan fingerprint density at radius 3 is 2.45 bits per heavy atom. The summed E-state index contributed by atoms with van der Waals surface area (Å²) in [6, 6.07) is 19.5. The SMILES string of the molecule is Cc1nnsc1CN(C)C(=O)c1ccc(-c2ccccc2CO)c2ccccc12. The highest BCUT2D eigenvalue weighted by Gasteiger charge is 2.19. The highest BCUT2D eigenvalue weighted by Crippen LogP contribution is 2.33. The van der Waals surface area contributed by atoms with Crippen molar-refractivity contribution in [2.45, 2.75) is 20.1 Å². The van der Waals surface area contributed by atoms with Gasteiger partial charge in [0.25, 0.3) is 5.91 Å². The monoisotopic (exact) mass is 403 g/mol. The van der Waals surface area contributed by atoms with Crippen molar-refractivity contribution in [3.8, 4) is 11.1 Å². The van der Waals surface area contributed by atoms with Gasteiger partial charge in [0.15, 0.2) is 0 Å². The van der Waals surface area contributed by atoms with Crippen molar-refractivity contribution in [3.05, 3.63) is 82.4 Å². The van der Waals surface area contributed by atoms with Gasteiger partial charge in [-0.25, -0.2) is 0 Å². The standard InChI is InChI=1S/C23H21N3O2S/c1-15-22(29-25-24-15)13-26(2)23(28)21-12-11-20(18-9-5-6-10-19(18)21)17-8-4-3-7-16(17)14-27/h3-12,27H,13-14H2,1-2H3. The number of aliphatic hydroxyl groups is 1. The van der Waals surface area contributed by atoms with Crippen LogP contribution in [-0.2, 0) is 13.2 Å². The minimum Gasteiger partial charge on any atom is -0.392 e. The van der Waals surface area contributed by atoms with Crippen LogP contribution in [0.15, 0.2) is 60.7 Å². The molecule has 1 N–H and O–H groups in total. The molecule has 0 atom stereocenters. The second-order valence-electron chi connectivity index (χ2n) is 6.96. The van der Waals surface area contributed by atoms with Gasteiger partial charge in [-0.1, -0.05) is 59.1 Å². The molecule has 1 heterocycles. The quantitative estimate of drug-likeness (QED) is 0.535. The third-order valence-corrected chi connectivity index (χ3v) is 5.91. The molecule has 6 heteroatoms. The number of nitrogens with zero attached hydrogens (tertiary/aromatic N) is 3. The van der Waals surface area contributed by atoms with E-state index in [1.165, 1.54) is 11.5 Å². The number of hydrogen-bond donors (Lipinski definition) is 1. The Hall–Kier alpha value is -3.09. The smallest absolute Gasteiger partial charge is 0.254 e. The molecule has 0 fully saturated rings. The maximum Gasteiger partial charge on any atom is 0.254 e. The predicted octanol–water partition coefficient (Wildman–Crippen LogP) is 4.43. The lowest BCUT2D eigenvalue weighted by Gasteiger charge is -2.19. The minimum atomic E-state index is -0.0454. The molecule has 0 saturated heterocycles. The van der Waals surface area contributed by atoms with Crippen LogP contribution in [0.2, 0.25) is 0 Å². The molecule has 0 unspecified atom stereocenters. The van der Waals surface area contributed by atoms with Crippen LogP contribution in [-0.4, -0.2) is 32.5 Å². The molecule has 0 aliphatic carbocycles. The van der Waals surface area contributed by atoms with Gasteiger partial charge in [-0.3, -0.25) is 4.79 Å². The second-order valence-corrected chi connectivity index (χ2v) is 7.80. The Morgan fingerprint density at radius 2 is 1.72 bits per heavy atom. The molecule has 1 aromatic heterocycles. The summed E-state index contributed by atoms with van der Waals surface area (Å²) in [6.45, 7) is 2.35. The van der Waals surface area contributed by atoms with E-state index in [0.29, 0.717) is 12.1 Å². The fraction of sp³-hybridized carbons (Fsp3) is 0.174. The molecule has 146 valence electrons. The van der Waals surface area contributed by atoms with Crippen molar-refractivity contribution >= 4 is 28.2 Å². The first-order valence-corrected chi connectivity index (χ1v) is 10.1. The van der Waals surface area contributed by atoms with Crippen LogP contribution in [0.1, 0.15) is 26.5 Å². The third kappa shape index (κ3) is 3.64. The first-order valence-electron chi connectivity index (χ1n) is 9.34. The van der Waals surface area contributed by atoms with Crippen LogP contribution in [0.3, 0.4) is 0 Å². The zero-order chi connectivity index (χ0) is 20.4. The number of fused-ring (bicyclic) bond motifs is 1. The molecule has 0 spiro atoms. The van der Waals surface area contributed by atoms with Gasteiger partial charge in [0, 0.05) is 12.6 Å². The summed E-state index contributed by atoms with van der Waals surface area (Å²) in [5.74, 6) is -0.0454. The van der Waals surface area contributed by atoms with Crippen molar-refractivity contribution in [1.29, 1.82) is 0 Å². The average Bonchev–Trinajstić information content (AvgIpc) is 3.16. The zero-order valence-electron chi connectivity index (χ0n) is 16.3. The Kier molecular flexibility index (Phi) is 5.38. The lowest BCUT2D eigenvalue weighted by Crippen LogP contribution is -2.26. The molecule has 0 aliphatic rings. The van der Waals surface area contributed by atoms with Crippen LogP contribution >= 0.6 is 11.5 Å². The number of rotatable bonds is 5. The zero-order valence-corrected chi connectivity index (χ0v) is 17.1. The van der Waals surface area contributed by atoms with E-state index in [9.17, 15) is 9.90 Å². The molecular formula is C23H21N3O2S. The summed E-state index contributed by atoms with van der Waals surface area (Å²) in [5.41, 5.74) is 4.36. The number of aromatic nitrogens is 2. The summed E-state index contributed by atoms with van der Waals surface area (Å²) >= 11 is 1.32. The normalized spacial score (nSPS) is 11.0. The van der Waals surface area contributed by atoms with Gasteiger partial charge in [0.1, 0.15) is 0 Å². The molecule has 4 aromatic rings. The summed E-state index contributed by atoms with van der Waals surface area (Å²) in [7, 11) is 1.80. The van der Waals surface area contributed by atoms with Gasteiger partial charge >= 0.3 is 0 Å². The highest BCUT2D eigenvalue weighted by atomic mass is 32.1. The van der Waals surface area contributed by atoms with Crippen molar-refractivity contribution in [3.63, 3.8) is 0 Å². The Balaban J connectivity index is 1.77. The maximum atomic E-state index is 13.2. The Bertz CT molecular complexity index is 1190. The van der Waals surface area contributed by atoms with Gasteiger partial charge in [-0.2, -0.15) is 0 Å². The molecule has 0 saturated carbocycles. The van der Waals surface area contributed by atoms with E-state index >= 15 is 0 Å². The summed E-state index contributed by atoms with van der Waals surface area (Å²) in [6.07, 6.45) is 0. The largest absolute Gasteiger partial charge is 0.392 e. The fourth-order valence-corrected chi connectivity index (χ4v) is 4.22. The Labute approximate surface area is 173 Å².